The van der Waals surface area contributed by atoms with Crippen LogP contribution >= 0.6 is 23.1 Å². The first-order chi connectivity index (χ1) is 12.8. The molecule has 0 saturated heterocycles. The minimum atomic E-state index is -0.259. The van der Waals surface area contributed by atoms with Crippen molar-refractivity contribution in [2.24, 2.45) is 0 Å². The standard InChI is InChI=1S/C18H21N5O2S2/c1-18(2,3)23-15-13(9-20-23)16(25)22-11(10-27-17(22)21-15)7-14(24)19-8-12-5-4-6-26-12/h4-6,9,11H,7-8,10H2,1-3H3,(H,19,24). The molecule has 0 spiro atoms. The van der Waals surface area contributed by atoms with Crippen LogP contribution in [-0.2, 0) is 16.9 Å². The fourth-order valence-electron chi connectivity index (χ4n) is 3.16. The zero-order valence-corrected chi connectivity index (χ0v) is 17.1. The highest BCUT2D eigenvalue weighted by atomic mass is 32.2. The molecule has 4 rings (SSSR count). The van der Waals surface area contributed by atoms with Gasteiger partial charge in [-0.3, -0.25) is 14.2 Å². The number of nitrogens with zero attached hydrogens (tertiary/aromatic N) is 4. The maximum Gasteiger partial charge on any atom is 0.265 e. The Labute approximate surface area is 164 Å². The number of amides is 1. The van der Waals surface area contributed by atoms with Gasteiger partial charge in [-0.15, -0.1) is 11.3 Å². The van der Waals surface area contributed by atoms with Gasteiger partial charge in [-0.25, -0.2) is 9.67 Å². The summed E-state index contributed by atoms with van der Waals surface area (Å²) in [6.07, 6.45) is 1.85. The Morgan fingerprint density at radius 2 is 2.22 bits per heavy atom. The lowest BCUT2D eigenvalue weighted by atomic mass is 10.1. The van der Waals surface area contributed by atoms with Gasteiger partial charge in [0, 0.05) is 17.1 Å². The Balaban J connectivity index is 1.58. The molecule has 0 saturated carbocycles. The lowest BCUT2D eigenvalue weighted by Gasteiger charge is -2.20. The number of thioether (sulfide) groups is 1. The third-order valence-electron chi connectivity index (χ3n) is 4.47. The molecule has 1 unspecified atom stereocenters. The topological polar surface area (TPSA) is 81.8 Å². The molecule has 0 aliphatic carbocycles. The fourth-order valence-corrected chi connectivity index (χ4v) is 4.93. The van der Waals surface area contributed by atoms with Crippen molar-refractivity contribution in [3.63, 3.8) is 0 Å². The second-order valence-corrected chi connectivity index (χ2v) is 9.58. The van der Waals surface area contributed by atoms with E-state index >= 15 is 0 Å². The van der Waals surface area contributed by atoms with Crippen LogP contribution in [0.15, 0.2) is 33.7 Å². The van der Waals surface area contributed by atoms with E-state index in [0.717, 1.165) is 4.88 Å². The predicted octanol–water partition coefficient (Wildman–Crippen LogP) is 2.76. The summed E-state index contributed by atoms with van der Waals surface area (Å²) in [4.78, 5) is 31.2. The molecule has 1 amide bonds. The molecule has 0 fully saturated rings. The van der Waals surface area contributed by atoms with Gasteiger partial charge in [0.2, 0.25) is 5.91 Å². The van der Waals surface area contributed by atoms with Gasteiger partial charge in [0.1, 0.15) is 5.39 Å². The number of carbonyl (C=O) groups excluding carboxylic acids is 1. The predicted molar refractivity (Wildman–Crippen MR) is 107 cm³/mol. The summed E-state index contributed by atoms with van der Waals surface area (Å²) in [6.45, 7) is 6.60. The molecule has 142 valence electrons. The lowest BCUT2D eigenvalue weighted by Crippen LogP contribution is -2.31. The SMILES string of the molecule is CC(C)(C)n1ncc2c(=O)n3c(nc21)SCC3CC(=O)NCc1cccs1. The number of fused-ring (bicyclic) bond motifs is 2. The van der Waals surface area contributed by atoms with Crippen LogP contribution in [0.5, 0.6) is 0 Å². The Kier molecular flexibility index (Phi) is 4.59. The number of nitrogens with one attached hydrogen (secondary N) is 1. The van der Waals surface area contributed by atoms with Gasteiger partial charge >= 0.3 is 0 Å². The minimum absolute atomic E-state index is 0.0563. The second-order valence-electron chi connectivity index (χ2n) is 7.56. The summed E-state index contributed by atoms with van der Waals surface area (Å²) in [5.41, 5.74) is 0.227. The van der Waals surface area contributed by atoms with E-state index < -0.39 is 0 Å². The van der Waals surface area contributed by atoms with Crippen LogP contribution in [0.25, 0.3) is 11.0 Å². The summed E-state index contributed by atoms with van der Waals surface area (Å²) in [5.74, 6) is 0.615. The van der Waals surface area contributed by atoms with Gasteiger partial charge in [-0.1, -0.05) is 17.8 Å². The van der Waals surface area contributed by atoms with Crippen LogP contribution < -0.4 is 10.9 Å². The van der Waals surface area contributed by atoms with E-state index in [-0.39, 0.29) is 29.5 Å². The Morgan fingerprint density at radius 3 is 2.93 bits per heavy atom. The van der Waals surface area contributed by atoms with Crippen molar-refractivity contribution in [2.75, 3.05) is 5.75 Å². The molecular formula is C18H21N5O2S2. The average Bonchev–Trinajstić information content (AvgIpc) is 3.32. The van der Waals surface area contributed by atoms with Crippen molar-refractivity contribution in [3.8, 4) is 0 Å². The molecule has 0 bridgehead atoms. The van der Waals surface area contributed by atoms with Crippen molar-refractivity contribution in [1.82, 2.24) is 24.6 Å². The molecular weight excluding hydrogens is 382 g/mol. The number of rotatable bonds is 4. The van der Waals surface area contributed by atoms with E-state index in [2.05, 4.69) is 15.4 Å². The monoisotopic (exact) mass is 403 g/mol. The largest absolute Gasteiger partial charge is 0.351 e. The maximum absolute atomic E-state index is 13.0. The summed E-state index contributed by atoms with van der Waals surface area (Å²) in [5, 5.41) is 10.4. The zero-order valence-electron chi connectivity index (χ0n) is 15.4. The van der Waals surface area contributed by atoms with E-state index in [9.17, 15) is 9.59 Å². The van der Waals surface area contributed by atoms with Gasteiger partial charge < -0.3 is 5.32 Å². The third-order valence-corrected chi connectivity index (χ3v) is 6.44. The highest BCUT2D eigenvalue weighted by Gasteiger charge is 2.30. The van der Waals surface area contributed by atoms with Crippen molar-refractivity contribution in [3.05, 3.63) is 38.9 Å². The number of aromatic nitrogens is 4. The van der Waals surface area contributed by atoms with Crippen LogP contribution in [0.2, 0.25) is 0 Å². The molecule has 4 heterocycles. The van der Waals surface area contributed by atoms with Gasteiger partial charge in [0.25, 0.3) is 5.56 Å². The third kappa shape index (κ3) is 3.41. The molecule has 7 nitrogen and oxygen atoms in total. The molecule has 27 heavy (non-hydrogen) atoms. The summed E-state index contributed by atoms with van der Waals surface area (Å²) >= 11 is 3.13. The van der Waals surface area contributed by atoms with E-state index in [4.69, 9.17) is 0 Å². The summed E-state index contributed by atoms with van der Waals surface area (Å²) < 4.78 is 3.44. The number of hydrogen-bond acceptors (Lipinski definition) is 6. The number of hydrogen-bond donors (Lipinski definition) is 1. The van der Waals surface area contributed by atoms with Gasteiger partial charge in [-0.05, 0) is 32.2 Å². The average molecular weight is 404 g/mol. The lowest BCUT2D eigenvalue weighted by molar-refractivity contribution is -0.121. The smallest absolute Gasteiger partial charge is 0.265 e. The first-order valence-corrected chi connectivity index (χ1v) is 10.6. The number of thiophene rings is 1. The van der Waals surface area contributed by atoms with Crippen LogP contribution in [0.4, 0.5) is 0 Å². The first-order valence-electron chi connectivity index (χ1n) is 8.77. The molecule has 3 aromatic heterocycles. The fraction of sp³-hybridized carbons (Fsp3) is 0.444. The van der Waals surface area contributed by atoms with Crippen LogP contribution in [-0.4, -0.2) is 31.0 Å². The Bertz CT molecular complexity index is 1050. The molecule has 9 heteroatoms. The molecule has 1 aliphatic rings. The molecule has 3 aromatic rings. The Morgan fingerprint density at radius 1 is 1.41 bits per heavy atom. The highest BCUT2D eigenvalue weighted by Crippen LogP contribution is 2.33. The van der Waals surface area contributed by atoms with E-state index in [1.165, 1.54) is 11.8 Å². The first kappa shape index (κ1) is 18.2. The van der Waals surface area contributed by atoms with Crippen molar-refractivity contribution >= 4 is 40.0 Å². The van der Waals surface area contributed by atoms with Crippen molar-refractivity contribution in [2.45, 2.75) is 50.5 Å². The Hall–Kier alpha value is -2.13. The van der Waals surface area contributed by atoms with Gasteiger partial charge in [-0.2, -0.15) is 5.10 Å². The summed E-state index contributed by atoms with van der Waals surface area (Å²) in [6, 6.07) is 3.77. The van der Waals surface area contributed by atoms with Gasteiger partial charge in [0.15, 0.2) is 10.8 Å². The maximum atomic E-state index is 13.0. The zero-order chi connectivity index (χ0) is 19.2. The molecule has 0 aromatic carbocycles. The quantitative estimate of drug-likeness (QED) is 0.678. The van der Waals surface area contributed by atoms with E-state index in [1.807, 2.05) is 38.3 Å². The molecule has 0 radical (unpaired) electrons. The molecule has 1 N–H and O–H groups in total. The van der Waals surface area contributed by atoms with Crippen molar-refractivity contribution in [1.29, 1.82) is 0 Å². The van der Waals surface area contributed by atoms with Crippen molar-refractivity contribution < 1.29 is 4.79 Å². The highest BCUT2D eigenvalue weighted by molar-refractivity contribution is 7.99. The summed E-state index contributed by atoms with van der Waals surface area (Å²) in [7, 11) is 0. The minimum Gasteiger partial charge on any atom is -0.351 e. The number of carbonyl (C=O) groups is 1. The second kappa shape index (κ2) is 6.79. The van der Waals surface area contributed by atoms with E-state index in [1.54, 1.807) is 26.8 Å². The molecule has 1 aliphatic heterocycles. The van der Waals surface area contributed by atoms with Crippen LogP contribution in [0.3, 0.4) is 0 Å². The van der Waals surface area contributed by atoms with E-state index in [0.29, 0.717) is 28.5 Å². The van der Waals surface area contributed by atoms with Crippen LogP contribution in [0.1, 0.15) is 38.1 Å². The normalized spacial score (nSPS) is 16.6. The van der Waals surface area contributed by atoms with Gasteiger partial charge in [0.05, 0.1) is 24.3 Å². The molecule has 1 atom stereocenters. The van der Waals surface area contributed by atoms with Crippen LogP contribution in [0, 0.1) is 0 Å².